The lowest BCUT2D eigenvalue weighted by Crippen LogP contribution is -2.49. The number of hydrogen-bond acceptors (Lipinski definition) is 4. The minimum Gasteiger partial charge on any atom is -0.322 e. The molecule has 3 amide bonds. The molecule has 2 fully saturated rings. The zero-order chi connectivity index (χ0) is 14.8. The summed E-state index contributed by atoms with van der Waals surface area (Å²) in [5, 5.41) is 6.58. The predicted molar refractivity (Wildman–Crippen MR) is 78.9 cm³/mol. The van der Waals surface area contributed by atoms with Crippen molar-refractivity contribution in [2.24, 2.45) is 0 Å². The fraction of sp³-hybridized carbons (Fsp3) is 0.429. The van der Waals surface area contributed by atoms with Crippen LogP contribution in [0.2, 0.25) is 5.02 Å². The van der Waals surface area contributed by atoms with Crippen molar-refractivity contribution in [1.29, 1.82) is 0 Å². The van der Waals surface area contributed by atoms with Gasteiger partial charge in [0.2, 0.25) is 0 Å². The van der Waals surface area contributed by atoms with Gasteiger partial charge < -0.3 is 10.6 Å². The molecule has 21 heavy (non-hydrogen) atoms. The fourth-order valence-corrected chi connectivity index (χ4v) is 2.71. The Hall–Kier alpha value is -1.63. The Labute approximate surface area is 128 Å². The highest BCUT2D eigenvalue weighted by molar-refractivity contribution is 6.30. The molecule has 0 spiro atoms. The normalized spacial score (nSPS) is 23.5. The third-order valence-corrected chi connectivity index (χ3v) is 4.03. The van der Waals surface area contributed by atoms with Crippen LogP contribution in [0, 0.1) is 0 Å². The molecule has 0 saturated carbocycles. The molecule has 7 heteroatoms. The maximum atomic E-state index is 12.4. The van der Waals surface area contributed by atoms with Crippen LogP contribution in [-0.2, 0) is 4.79 Å². The third-order valence-electron chi connectivity index (χ3n) is 3.78. The second-order valence-electron chi connectivity index (χ2n) is 5.21. The smallest absolute Gasteiger partial charge is 0.322 e. The number of carbonyl (C=O) groups excluding carboxylic acids is 2. The van der Waals surface area contributed by atoms with Gasteiger partial charge in [-0.2, -0.15) is 0 Å². The summed E-state index contributed by atoms with van der Waals surface area (Å²) in [6.07, 6.45) is 0. The average molecular weight is 309 g/mol. The second kappa shape index (κ2) is 6.01. The van der Waals surface area contributed by atoms with Crippen LogP contribution < -0.4 is 10.6 Å². The Bertz CT molecular complexity index is 542. The summed E-state index contributed by atoms with van der Waals surface area (Å²) in [7, 11) is 0. The molecule has 0 aliphatic carbocycles. The van der Waals surface area contributed by atoms with Gasteiger partial charge in [0.25, 0.3) is 5.91 Å². The van der Waals surface area contributed by atoms with Crippen LogP contribution in [0.25, 0.3) is 0 Å². The van der Waals surface area contributed by atoms with Gasteiger partial charge in [0.05, 0.1) is 6.67 Å². The number of hydrogen-bond donors (Lipinski definition) is 2. The SMILES string of the molecule is O=C1NC(c2ccc(Cl)cc2)C(=O)N1CN1CCNCC1. The van der Waals surface area contributed by atoms with E-state index >= 15 is 0 Å². The first-order valence-electron chi connectivity index (χ1n) is 6.95. The van der Waals surface area contributed by atoms with Crippen molar-refractivity contribution in [3.63, 3.8) is 0 Å². The summed E-state index contributed by atoms with van der Waals surface area (Å²) < 4.78 is 0. The number of benzene rings is 1. The van der Waals surface area contributed by atoms with Crippen molar-refractivity contribution in [2.45, 2.75) is 6.04 Å². The van der Waals surface area contributed by atoms with Crippen LogP contribution in [0.15, 0.2) is 24.3 Å². The van der Waals surface area contributed by atoms with E-state index in [2.05, 4.69) is 15.5 Å². The molecule has 112 valence electrons. The van der Waals surface area contributed by atoms with Crippen LogP contribution in [0.1, 0.15) is 11.6 Å². The van der Waals surface area contributed by atoms with Crippen LogP contribution in [0.3, 0.4) is 0 Å². The van der Waals surface area contributed by atoms with Crippen LogP contribution in [0.4, 0.5) is 4.79 Å². The summed E-state index contributed by atoms with van der Waals surface area (Å²) in [5.74, 6) is -0.208. The largest absolute Gasteiger partial charge is 0.326 e. The average Bonchev–Trinajstić information content (AvgIpc) is 2.77. The Morgan fingerprint density at radius 2 is 1.81 bits per heavy atom. The summed E-state index contributed by atoms with van der Waals surface area (Å²) >= 11 is 5.85. The highest BCUT2D eigenvalue weighted by Gasteiger charge is 2.39. The number of amides is 3. The molecule has 1 atom stereocenters. The molecule has 0 bridgehead atoms. The molecule has 6 nitrogen and oxygen atoms in total. The van der Waals surface area contributed by atoms with E-state index in [-0.39, 0.29) is 11.9 Å². The zero-order valence-electron chi connectivity index (χ0n) is 11.5. The molecule has 1 aromatic rings. The van der Waals surface area contributed by atoms with E-state index in [0.717, 1.165) is 31.7 Å². The molecule has 2 saturated heterocycles. The first-order valence-corrected chi connectivity index (χ1v) is 7.33. The highest BCUT2D eigenvalue weighted by atomic mass is 35.5. The number of piperazine rings is 1. The Morgan fingerprint density at radius 3 is 2.48 bits per heavy atom. The molecule has 3 rings (SSSR count). The summed E-state index contributed by atoms with van der Waals surface area (Å²) in [4.78, 5) is 27.9. The monoisotopic (exact) mass is 308 g/mol. The Morgan fingerprint density at radius 1 is 1.14 bits per heavy atom. The van der Waals surface area contributed by atoms with E-state index in [0.29, 0.717) is 11.7 Å². The fourth-order valence-electron chi connectivity index (χ4n) is 2.59. The van der Waals surface area contributed by atoms with E-state index in [1.54, 1.807) is 24.3 Å². The van der Waals surface area contributed by atoms with Crippen molar-refractivity contribution >= 4 is 23.5 Å². The molecular weight excluding hydrogens is 292 g/mol. The van der Waals surface area contributed by atoms with Crippen molar-refractivity contribution in [3.8, 4) is 0 Å². The van der Waals surface area contributed by atoms with Gasteiger partial charge in [-0.25, -0.2) is 9.69 Å². The maximum Gasteiger partial charge on any atom is 0.326 e. The van der Waals surface area contributed by atoms with Gasteiger partial charge in [0.1, 0.15) is 6.04 Å². The van der Waals surface area contributed by atoms with Gasteiger partial charge in [-0.15, -0.1) is 0 Å². The van der Waals surface area contributed by atoms with Gasteiger partial charge in [-0.1, -0.05) is 23.7 Å². The lowest BCUT2D eigenvalue weighted by molar-refractivity contribution is -0.129. The highest BCUT2D eigenvalue weighted by Crippen LogP contribution is 2.23. The van der Waals surface area contributed by atoms with Gasteiger partial charge in [0, 0.05) is 31.2 Å². The lowest BCUT2D eigenvalue weighted by atomic mass is 10.1. The molecule has 0 aromatic heterocycles. The molecule has 0 radical (unpaired) electrons. The quantitative estimate of drug-likeness (QED) is 0.811. The molecule has 2 aliphatic rings. The standard InChI is InChI=1S/C14H17ClN4O2/c15-11-3-1-10(2-4-11)12-13(20)19(14(21)17-12)9-18-7-5-16-6-8-18/h1-4,12,16H,5-9H2,(H,17,21). The molecule has 1 aromatic carbocycles. The number of urea groups is 1. The molecular formula is C14H17ClN4O2. The predicted octanol–water partition coefficient (Wildman–Crippen LogP) is 0.796. The number of imide groups is 1. The van der Waals surface area contributed by atoms with Gasteiger partial charge in [-0.05, 0) is 17.7 Å². The molecule has 2 N–H and O–H groups in total. The van der Waals surface area contributed by atoms with E-state index in [4.69, 9.17) is 11.6 Å². The number of nitrogens with one attached hydrogen (secondary N) is 2. The first-order chi connectivity index (χ1) is 10.1. The summed E-state index contributed by atoms with van der Waals surface area (Å²) in [6, 6.07) is 6.01. The zero-order valence-corrected chi connectivity index (χ0v) is 12.3. The minimum absolute atomic E-state index is 0.208. The topological polar surface area (TPSA) is 64.7 Å². The van der Waals surface area contributed by atoms with Crippen molar-refractivity contribution in [2.75, 3.05) is 32.8 Å². The van der Waals surface area contributed by atoms with E-state index in [1.807, 2.05) is 0 Å². The van der Waals surface area contributed by atoms with E-state index in [9.17, 15) is 9.59 Å². The molecule has 2 heterocycles. The van der Waals surface area contributed by atoms with Gasteiger partial charge >= 0.3 is 6.03 Å². The summed E-state index contributed by atoms with van der Waals surface area (Å²) in [6.45, 7) is 3.77. The molecule has 2 aliphatic heterocycles. The molecule has 1 unspecified atom stereocenters. The van der Waals surface area contributed by atoms with Crippen LogP contribution in [0.5, 0.6) is 0 Å². The maximum absolute atomic E-state index is 12.4. The number of rotatable bonds is 3. The van der Waals surface area contributed by atoms with E-state index in [1.165, 1.54) is 4.90 Å². The number of halogens is 1. The number of nitrogens with zero attached hydrogens (tertiary/aromatic N) is 2. The van der Waals surface area contributed by atoms with Crippen LogP contribution in [-0.4, -0.2) is 54.6 Å². The third kappa shape index (κ3) is 3.02. The van der Waals surface area contributed by atoms with Crippen molar-refractivity contribution in [3.05, 3.63) is 34.9 Å². The lowest BCUT2D eigenvalue weighted by Gasteiger charge is -2.29. The van der Waals surface area contributed by atoms with E-state index < -0.39 is 6.04 Å². The number of carbonyl (C=O) groups is 2. The Balaban J connectivity index is 1.71. The van der Waals surface area contributed by atoms with Crippen molar-refractivity contribution in [1.82, 2.24) is 20.4 Å². The first kappa shape index (κ1) is 14.3. The van der Waals surface area contributed by atoms with Gasteiger partial charge in [-0.3, -0.25) is 9.69 Å². The van der Waals surface area contributed by atoms with Gasteiger partial charge in [0.15, 0.2) is 0 Å². The summed E-state index contributed by atoms with van der Waals surface area (Å²) in [5.41, 5.74) is 0.751. The van der Waals surface area contributed by atoms with Crippen LogP contribution >= 0.6 is 11.6 Å². The van der Waals surface area contributed by atoms with Crippen molar-refractivity contribution < 1.29 is 9.59 Å². The second-order valence-corrected chi connectivity index (χ2v) is 5.65. The minimum atomic E-state index is -0.613. The Kier molecular flexibility index (Phi) is 4.10.